The van der Waals surface area contributed by atoms with E-state index < -0.39 is 5.41 Å². The smallest absolute Gasteiger partial charge is 0.212 e. The molecule has 1 aromatic rings. The van der Waals surface area contributed by atoms with E-state index in [0.717, 1.165) is 5.56 Å². The molecule has 4 nitrogen and oxygen atoms in total. The van der Waals surface area contributed by atoms with Crippen molar-refractivity contribution in [3.05, 3.63) is 23.9 Å². The molecule has 1 aromatic heterocycles. The summed E-state index contributed by atoms with van der Waals surface area (Å²) in [6.45, 7) is 0. The number of methoxy groups -OCH3 is 1. The molecule has 88 valence electrons. The summed E-state index contributed by atoms with van der Waals surface area (Å²) in [6.07, 6.45) is 3.84. The highest BCUT2D eigenvalue weighted by molar-refractivity contribution is 5.80. The normalized spacial score (nSPS) is 18.5. The van der Waals surface area contributed by atoms with Crippen molar-refractivity contribution < 1.29 is 9.53 Å². The zero-order valence-corrected chi connectivity index (χ0v) is 9.77. The van der Waals surface area contributed by atoms with Gasteiger partial charge in [-0.05, 0) is 18.4 Å². The number of carbonyl (C=O) groups excluding carboxylic acids is 1. The summed E-state index contributed by atoms with van der Waals surface area (Å²) in [5, 5.41) is 9.39. The number of hydrogen-bond donors (Lipinski definition) is 0. The van der Waals surface area contributed by atoms with E-state index >= 15 is 0 Å². The maximum Gasteiger partial charge on any atom is 0.212 e. The van der Waals surface area contributed by atoms with Crippen LogP contribution >= 0.6 is 0 Å². The predicted molar refractivity (Wildman–Crippen MR) is 61.6 cm³/mol. The number of nitrogens with zero attached hydrogens (tertiary/aromatic N) is 2. The van der Waals surface area contributed by atoms with E-state index in [-0.39, 0.29) is 5.78 Å². The molecule has 0 atom stereocenters. The summed E-state index contributed by atoms with van der Waals surface area (Å²) in [5.41, 5.74) is 0.334. The van der Waals surface area contributed by atoms with Crippen LogP contribution in [0.3, 0.4) is 0 Å². The lowest BCUT2D eigenvalue weighted by molar-refractivity contribution is -0.120. The van der Waals surface area contributed by atoms with E-state index in [1.807, 2.05) is 6.07 Å². The van der Waals surface area contributed by atoms with Crippen LogP contribution in [-0.4, -0.2) is 17.9 Å². The number of carbonyl (C=O) groups is 1. The van der Waals surface area contributed by atoms with E-state index in [0.29, 0.717) is 31.6 Å². The van der Waals surface area contributed by atoms with Gasteiger partial charge in [0.15, 0.2) is 0 Å². The summed E-state index contributed by atoms with van der Waals surface area (Å²) < 4.78 is 4.99. The number of nitriles is 1. The van der Waals surface area contributed by atoms with Crippen LogP contribution in [0.2, 0.25) is 0 Å². The molecule has 0 amide bonds. The molecular formula is C13H14N2O2. The Labute approximate surface area is 100 Å². The Hall–Kier alpha value is -1.89. The fourth-order valence-electron chi connectivity index (χ4n) is 2.20. The molecular weight excluding hydrogens is 216 g/mol. The minimum atomic E-state index is -0.548. The number of ketones is 1. The largest absolute Gasteiger partial charge is 0.481 e. The Morgan fingerprint density at radius 3 is 2.59 bits per heavy atom. The van der Waals surface area contributed by atoms with Gasteiger partial charge in [-0.2, -0.15) is 5.26 Å². The van der Waals surface area contributed by atoms with Gasteiger partial charge in [0.2, 0.25) is 5.88 Å². The Balaban J connectivity index is 2.28. The van der Waals surface area contributed by atoms with Crippen LogP contribution in [0.5, 0.6) is 5.88 Å². The van der Waals surface area contributed by atoms with Crippen LogP contribution in [0.25, 0.3) is 0 Å². The SMILES string of the molecule is COc1ccc(C2(C#N)CCC(=O)CC2)cn1. The standard InChI is InChI=1S/C13H14N2O2/c1-17-12-3-2-10(8-15-12)13(9-14)6-4-11(16)5-7-13/h2-3,8H,4-7H2,1H3. The Kier molecular flexibility index (Phi) is 3.10. The molecule has 1 saturated carbocycles. The monoisotopic (exact) mass is 230 g/mol. The first kappa shape index (κ1) is 11.6. The lowest BCUT2D eigenvalue weighted by Crippen LogP contribution is -2.30. The third-order valence-electron chi connectivity index (χ3n) is 3.37. The molecule has 0 N–H and O–H groups in total. The Morgan fingerprint density at radius 1 is 1.41 bits per heavy atom. The van der Waals surface area contributed by atoms with E-state index in [9.17, 15) is 10.1 Å². The van der Waals surface area contributed by atoms with Crippen molar-refractivity contribution in [1.82, 2.24) is 4.98 Å². The fraction of sp³-hybridized carbons (Fsp3) is 0.462. The number of hydrogen-bond acceptors (Lipinski definition) is 4. The molecule has 0 saturated heterocycles. The third kappa shape index (κ3) is 2.14. The highest BCUT2D eigenvalue weighted by atomic mass is 16.5. The molecule has 1 fully saturated rings. The number of aromatic nitrogens is 1. The first-order valence-corrected chi connectivity index (χ1v) is 5.64. The molecule has 0 bridgehead atoms. The van der Waals surface area contributed by atoms with Crippen LogP contribution in [0, 0.1) is 11.3 Å². The average molecular weight is 230 g/mol. The van der Waals surface area contributed by atoms with Crippen LogP contribution in [0.4, 0.5) is 0 Å². The lowest BCUT2D eigenvalue weighted by atomic mass is 9.71. The second kappa shape index (κ2) is 4.54. The van der Waals surface area contributed by atoms with Gasteiger partial charge < -0.3 is 4.74 Å². The summed E-state index contributed by atoms with van der Waals surface area (Å²) in [5.74, 6) is 0.783. The molecule has 1 aliphatic rings. The van der Waals surface area contributed by atoms with Crippen LogP contribution in [0.15, 0.2) is 18.3 Å². The van der Waals surface area contributed by atoms with Gasteiger partial charge in [0.05, 0.1) is 18.6 Å². The maximum absolute atomic E-state index is 11.3. The lowest BCUT2D eigenvalue weighted by Gasteiger charge is -2.30. The van der Waals surface area contributed by atoms with Crippen molar-refractivity contribution in [2.45, 2.75) is 31.1 Å². The minimum Gasteiger partial charge on any atom is -0.481 e. The molecule has 1 aliphatic carbocycles. The van der Waals surface area contributed by atoms with Crippen molar-refractivity contribution in [2.24, 2.45) is 0 Å². The zero-order chi connectivity index (χ0) is 12.3. The topological polar surface area (TPSA) is 63.0 Å². The van der Waals surface area contributed by atoms with Crippen molar-refractivity contribution in [2.75, 3.05) is 7.11 Å². The number of pyridine rings is 1. The summed E-state index contributed by atoms with van der Waals surface area (Å²) in [6, 6.07) is 5.98. The highest BCUT2D eigenvalue weighted by Crippen LogP contribution is 2.37. The average Bonchev–Trinajstić information content (AvgIpc) is 2.40. The second-order valence-corrected chi connectivity index (χ2v) is 4.32. The summed E-state index contributed by atoms with van der Waals surface area (Å²) in [4.78, 5) is 15.4. The molecule has 0 aromatic carbocycles. The van der Waals surface area contributed by atoms with Crippen molar-refractivity contribution in [3.63, 3.8) is 0 Å². The molecule has 0 radical (unpaired) electrons. The highest BCUT2D eigenvalue weighted by Gasteiger charge is 2.36. The van der Waals surface area contributed by atoms with Gasteiger partial charge in [-0.1, -0.05) is 6.07 Å². The number of Topliss-reactive ketones (excluding diaryl/α,β-unsaturated/α-hetero) is 1. The molecule has 1 heterocycles. The van der Waals surface area contributed by atoms with E-state index in [1.165, 1.54) is 0 Å². The number of rotatable bonds is 2. The van der Waals surface area contributed by atoms with Gasteiger partial charge in [0.1, 0.15) is 5.78 Å². The maximum atomic E-state index is 11.3. The van der Waals surface area contributed by atoms with Crippen LogP contribution < -0.4 is 4.74 Å². The molecule has 0 spiro atoms. The zero-order valence-electron chi connectivity index (χ0n) is 9.77. The van der Waals surface area contributed by atoms with Gasteiger partial charge >= 0.3 is 0 Å². The number of ether oxygens (including phenoxy) is 1. The van der Waals surface area contributed by atoms with E-state index in [4.69, 9.17) is 4.74 Å². The van der Waals surface area contributed by atoms with E-state index in [1.54, 1.807) is 19.4 Å². The van der Waals surface area contributed by atoms with Crippen LogP contribution in [0.1, 0.15) is 31.2 Å². The fourth-order valence-corrected chi connectivity index (χ4v) is 2.20. The van der Waals surface area contributed by atoms with Gasteiger partial charge in [-0.15, -0.1) is 0 Å². The van der Waals surface area contributed by atoms with Crippen molar-refractivity contribution in [1.29, 1.82) is 5.26 Å². The van der Waals surface area contributed by atoms with Crippen LogP contribution in [-0.2, 0) is 10.2 Å². The van der Waals surface area contributed by atoms with Gasteiger partial charge in [-0.3, -0.25) is 4.79 Å². The Bertz CT molecular complexity index is 449. The summed E-state index contributed by atoms with van der Waals surface area (Å²) >= 11 is 0. The first-order valence-electron chi connectivity index (χ1n) is 5.64. The second-order valence-electron chi connectivity index (χ2n) is 4.32. The predicted octanol–water partition coefficient (Wildman–Crippen LogP) is 1.99. The Morgan fingerprint density at radius 2 is 2.12 bits per heavy atom. The molecule has 0 unspecified atom stereocenters. The molecule has 4 heteroatoms. The van der Waals surface area contributed by atoms with Gasteiger partial charge in [0.25, 0.3) is 0 Å². The van der Waals surface area contributed by atoms with Crippen molar-refractivity contribution >= 4 is 5.78 Å². The summed E-state index contributed by atoms with van der Waals surface area (Å²) in [7, 11) is 1.56. The molecule has 2 rings (SSSR count). The van der Waals surface area contributed by atoms with Crippen molar-refractivity contribution in [3.8, 4) is 11.9 Å². The molecule has 0 aliphatic heterocycles. The minimum absolute atomic E-state index is 0.248. The van der Waals surface area contributed by atoms with Gasteiger partial charge in [-0.25, -0.2) is 4.98 Å². The quantitative estimate of drug-likeness (QED) is 0.779. The molecule has 17 heavy (non-hydrogen) atoms. The third-order valence-corrected chi connectivity index (χ3v) is 3.37. The first-order chi connectivity index (χ1) is 8.20. The van der Waals surface area contributed by atoms with Gasteiger partial charge in [0, 0.05) is 25.1 Å². The van der Waals surface area contributed by atoms with E-state index in [2.05, 4.69) is 11.1 Å².